The smallest absolute Gasteiger partial charge is 0.340 e. The molecule has 0 bridgehead atoms. The number of carbonyl (C=O) groups is 2. The molecule has 0 aliphatic heterocycles. The third kappa shape index (κ3) is 3.75. The molecule has 7 nitrogen and oxygen atoms in total. The van der Waals surface area contributed by atoms with Gasteiger partial charge in [-0.05, 0) is 12.1 Å². The minimum Gasteiger partial charge on any atom is -0.493 e. The highest BCUT2D eigenvalue weighted by Gasteiger charge is 2.20. The molecule has 0 spiro atoms. The summed E-state index contributed by atoms with van der Waals surface area (Å²) in [5.74, 6) is -0.489. The zero-order valence-electron chi connectivity index (χ0n) is 13.3. The van der Waals surface area contributed by atoms with Crippen LogP contribution in [0, 0.1) is 0 Å². The minimum atomic E-state index is -0.634. The van der Waals surface area contributed by atoms with E-state index < -0.39 is 11.9 Å². The highest BCUT2D eigenvalue weighted by molar-refractivity contribution is 6.31. The molecule has 0 unspecified atom stereocenters. The first-order valence-corrected chi connectivity index (χ1v) is 7.15. The maximum absolute atomic E-state index is 12.3. The van der Waals surface area contributed by atoms with Gasteiger partial charge in [-0.15, -0.1) is 0 Å². The van der Waals surface area contributed by atoms with E-state index in [-0.39, 0.29) is 16.9 Å². The van der Waals surface area contributed by atoms with Crippen LogP contribution in [0.25, 0.3) is 0 Å². The van der Waals surface area contributed by atoms with Gasteiger partial charge < -0.3 is 19.5 Å². The fourth-order valence-electron chi connectivity index (χ4n) is 1.98. The van der Waals surface area contributed by atoms with Crippen molar-refractivity contribution in [3.63, 3.8) is 0 Å². The molecule has 126 valence electrons. The van der Waals surface area contributed by atoms with Crippen LogP contribution < -0.4 is 14.8 Å². The third-order valence-corrected chi connectivity index (χ3v) is 3.37. The largest absolute Gasteiger partial charge is 0.493 e. The predicted octanol–water partition coefficient (Wildman–Crippen LogP) is 2.79. The lowest BCUT2D eigenvalue weighted by Gasteiger charge is -2.14. The van der Waals surface area contributed by atoms with Crippen molar-refractivity contribution in [2.24, 2.45) is 0 Å². The topological polar surface area (TPSA) is 86.8 Å². The minimum absolute atomic E-state index is 0.105. The Morgan fingerprint density at radius 3 is 2.33 bits per heavy atom. The van der Waals surface area contributed by atoms with Gasteiger partial charge in [-0.3, -0.25) is 9.78 Å². The lowest BCUT2D eigenvalue weighted by Crippen LogP contribution is -2.17. The molecule has 0 saturated heterocycles. The summed E-state index contributed by atoms with van der Waals surface area (Å²) in [5, 5.41) is 2.97. The Hall–Kier alpha value is -2.80. The summed E-state index contributed by atoms with van der Waals surface area (Å²) in [7, 11) is 4.12. The monoisotopic (exact) mass is 350 g/mol. The number of rotatable bonds is 5. The van der Waals surface area contributed by atoms with Crippen molar-refractivity contribution in [3.05, 3.63) is 46.7 Å². The zero-order valence-corrected chi connectivity index (χ0v) is 14.0. The van der Waals surface area contributed by atoms with E-state index in [4.69, 9.17) is 25.8 Å². The maximum Gasteiger partial charge on any atom is 0.340 e. The number of hydrogen-bond donors (Lipinski definition) is 1. The van der Waals surface area contributed by atoms with Crippen molar-refractivity contribution in [1.82, 2.24) is 4.98 Å². The number of ether oxygens (including phenoxy) is 3. The van der Waals surface area contributed by atoms with Crippen LogP contribution in [0.15, 0.2) is 30.5 Å². The summed E-state index contributed by atoms with van der Waals surface area (Å²) in [6, 6.07) is 5.85. The molecule has 1 aromatic heterocycles. The van der Waals surface area contributed by atoms with E-state index in [9.17, 15) is 9.59 Å². The van der Waals surface area contributed by atoms with Crippen LogP contribution in [-0.2, 0) is 4.74 Å². The number of carbonyl (C=O) groups excluding carboxylic acids is 2. The molecule has 2 aromatic rings. The number of esters is 1. The van der Waals surface area contributed by atoms with E-state index in [1.807, 2.05) is 0 Å². The molecule has 0 saturated carbocycles. The van der Waals surface area contributed by atoms with Gasteiger partial charge in [0, 0.05) is 23.4 Å². The van der Waals surface area contributed by atoms with Gasteiger partial charge >= 0.3 is 5.97 Å². The summed E-state index contributed by atoms with van der Waals surface area (Å²) >= 11 is 5.85. The van der Waals surface area contributed by atoms with E-state index in [1.54, 1.807) is 6.07 Å². The van der Waals surface area contributed by atoms with Crippen LogP contribution in [0.4, 0.5) is 5.69 Å². The molecule has 1 heterocycles. The Kier molecular flexibility index (Phi) is 5.59. The molecule has 0 fully saturated rings. The van der Waals surface area contributed by atoms with Crippen LogP contribution in [0.3, 0.4) is 0 Å². The molecule has 1 N–H and O–H groups in total. The summed E-state index contributed by atoms with van der Waals surface area (Å²) in [5.41, 5.74) is 0.421. The maximum atomic E-state index is 12.3. The second-order valence-corrected chi connectivity index (χ2v) is 4.99. The number of benzene rings is 1. The first-order chi connectivity index (χ1) is 11.5. The Bertz CT molecular complexity index is 779. The number of pyridine rings is 1. The predicted molar refractivity (Wildman–Crippen MR) is 88.1 cm³/mol. The molecular weight excluding hydrogens is 336 g/mol. The molecular formula is C16H15ClN2O5. The lowest BCUT2D eigenvalue weighted by molar-refractivity contribution is 0.0601. The first-order valence-electron chi connectivity index (χ1n) is 6.77. The number of nitrogens with one attached hydrogen (secondary N) is 1. The Morgan fingerprint density at radius 1 is 1.08 bits per heavy atom. The fourth-order valence-corrected chi connectivity index (χ4v) is 2.14. The van der Waals surface area contributed by atoms with Crippen molar-refractivity contribution in [3.8, 4) is 11.5 Å². The SMILES string of the molecule is COC(=O)c1cc(OC)c(OC)cc1NC(=O)c1cc(Cl)ccn1. The summed E-state index contributed by atoms with van der Waals surface area (Å²) in [6.07, 6.45) is 1.41. The summed E-state index contributed by atoms with van der Waals surface area (Å²) in [6.45, 7) is 0. The van der Waals surface area contributed by atoms with Crippen LogP contribution in [0.5, 0.6) is 11.5 Å². The van der Waals surface area contributed by atoms with Crippen LogP contribution >= 0.6 is 11.6 Å². The van der Waals surface area contributed by atoms with Gasteiger partial charge in [0.25, 0.3) is 5.91 Å². The Morgan fingerprint density at radius 2 is 1.75 bits per heavy atom. The van der Waals surface area contributed by atoms with Gasteiger partial charge in [-0.2, -0.15) is 0 Å². The number of methoxy groups -OCH3 is 3. The number of hydrogen-bond acceptors (Lipinski definition) is 6. The van der Waals surface area contributed by atoms with Gasteiger partial charge in [0.05, 0.1) is 32.6 Å². The molecule has 0 atom stereocenters. The number of nitrogens with zero attached hydrogens (tertiary/aromatic N) is 1. The molecule has 8 heteroatoms. The molecule has 0 aliphatic rings. The quantitative estimate of drug-likeness (QED) is 0.834. The van der Waals surface area contributed by atoms with Crippen LogP contribution in [-0.4, -0.2) is 38.2 Å². The highest BCUT2D eigenvalue weighted by Crippen LogP contribution is 2.34. The van der Waals surface area contributed by atoms with Crippen LogP contribution in [0.1, 0.15) is 20.8 Å². The molecule has 24 heavy (non-hydrogen) atoms. The number of halogens is 1. The average Bonchev–Trinajstić information content (AvgIpc) is 2.60. The van der Waals surface area contributed by atoms with E-state index in [1.165, 1.54) is 45.7 Å². The number of anilines is 1. The lowest BCUT2D eigenvalue weighted by atomic mass is 10.1. The zero-order chi connectivity index (χ0) is 17.7. The second-order valence-electron chi connectivity index (χ2n) is 4.56. The summed E-state index contributed by atoms with van der Waals surface area (Å²) < 4.78 is 15.1. The van der Waals surface area contributed by atoms with E-state index in [0.717, 1.165) is 0 Å². The Balaban J connectivity index is 2.43. The van der Waals surface area contributed by atoms with Crippen molar-refractivity contribution >= 4 is 29.2 Å². The highest BCUT2D eigenvalue weighted by atomic mass is 35.5. The molecule has 1 amide bonds. The normalized spacial score (nSPS) is 10.0. The second kappa shape index (κ2) is 7.65. The van der Waals surface area contributed by atoms with Gasteiger partial charge in [0.1, 0.15) is 5.69 Å². The number of aromatic nitrogens is 1. The van der Waals surface area contributed by atoms with E-state index >= 15 is 0 Å². The number of amides is 1. The molecule has 1 aromatic carbocycles. The van der Waals surface area contributed by atoms with E-state index in [2.05, 4.69) is 10.3 Å². The molecule has 2 rings (SSSR count). The van der Waals surface area contributed by atoms with Gasteiger partial charge in [-0.25, -0.2) is 4.79 Å². The van der Waals surface area contributed by atoms with Gasteiger partial charge in [0.2, 0.25) is 0 Å². The van der Waals surface area contributed by atoms with Gasteiger partial charge in [-0.1, -0.05) is 11.6 Å². The molecule has 0 aliphatic carbocycles. The van der Waals surface area contributed by atoms with Crippen molar-refractivity contribution in [2.75, 3.05) is 26.6 Å². The van der Waals surface area contributed by atoms with Crippen molar-refractivity contribution < 1.29 is 23.8 Å². The van der Waals surface area contributed by atoms with Crippen molar-refractivity contribution in [2.45, 2.75) is 0 Å². The van der Waals surface area contributed by atoms with Crippen LogP contribution in [0.2, 0.25) is 5.02 Å². The van der Waals surface area contributed by atoms with Crippen molar-refractivity contribution in [1.29, 1.82) is 0 Å². The average molecular weight is 351 g/mol. The first kappa shape index (κ1) is 17.6. The Labute approximate surface area is 143 Å². The molecule has 0 radical (unpaired) electrons. The standard InChI is InChI=1S/C16H15ClN2O5/c1-22-13-7-10(16(21)24-3)11(8-14(13)23-2)19-15(20)12-6-9(17)4-5-18-12/h4-8H,1-3H3,(H,19,20). The fraction of sp³-hybridized carbons (Fsp3) is 0.188. The third-order valence-electron chi connectivity index (χ3n) is 3.13. The van der Waals surface area contributed by atoms with Gasteiger partial charge in [0.15, 0.2) is 11.5 Å². The van der Waals surface area contributed by atoms with E-state index in [0.29, 0.717) is 16.5 Å². The summed E-state index contributed by atoms with van der Waals surface area (Å²) in [4.78, 5) is 28.2.